The fourth-order valence-electron chi connectivity index (χ4n) is 3.55. The molecule has 0 radical (unpaired) electrons. The Morgan fingerprint density at radius 1 is 1.12 bits per heavy atom. The number of hydrogen-bond acceptors (Lipinski definition) is 4. The molecule has 6 heteroatoms. The van der Waals surface area contributed by atoms with Crippen molar-refractivity contribution in [3.05, 3.63) is 47.3 Å². The van der Waals surface area contributed by atoms with E-state index >= 15 is 0 Å². The number of amides is 1. The minimum atomic E-state index is -0.0384. The normalized spacial score (nSPS) is 18.0. The van der Waals surface area contributed by atoms with Crippen LogP contribution in [0.1, 0.15) is 58.1 Å². The molecule has 1 aromatic carbocycles. The van der Waals surface area contributed by atoms with E-state index in [2.05, 4.69) is 10.2 Å². The van der Waals surface area contributed by atoms with E-state index < -0.39 is 0 Å². The number of ether oxygens (including phenoxy) is 1. The molecule has 2 fully saturated rings. The number of hydrogen-bond donors (Lipinski definition) is 1. The Morgan fingerprint density at radius 3 is 2.42 bits per heavy atom. The summed E-state index contributed by atoms with van der Waals surface area (Å²) in [4.78, 5) is 27.1. The van der Waals surface area contributed by atoms with Crippen molar-refractivity contribution in [3.8, 4) is 5.75 Å². The number of ketones is 1. The molecular formula is C20H23N3O3. The Balaban J connectivity index is 1.35. The number of aromatic nitrogens is 2. The van der Waals surface area contributed by atoms with Gasteiger partial charge >= 0.3 is 0 Å². The Labute approximate surface area is 152 Å². The predicted octanol–water partition coefficient (Wildman–Crippen LogP) is 3.03. The van der Waals surface area contributed by atoms with Gasteiger partial charge in [0.1, 0.15) is 11.4 Å². The van der Waals surface area contributed by atoms with Gasteiger partial charge in [0.05, 0.1) is 7.11 Å². The highest BCUT2D eigenvalue weighted by atomic mass is 16.5. The lowest BCUT2D eigenvalue weighted by atomic mass is 9.89. The molecule has 2 aromatic rings. The SMILES string of the molecule is COc1ccc(C(=O)C2CCN(C(=O)c3cc(C4CC4)[nH]n3)CC2)cc1. The van der Waals surface area contributed by atoms with Gasteiger partial charge in [-0.1, -0.05) is 0 Å². The summed E-state index contributed by atoms with van der Waals surface area (Å²) in [5.74, 6) is 1.37. The number of rotatable bonds is 5. The van der Waals surface area contributed by atoms with Crippen LogP contribution in [0.25, 0.3) is 0 Å². The second-order valence-electron chi connectivity index (χ2n) is 7.14. The van der Waals surface area contributed by atoms with Gasteiger partial charge in [0.2, 0.25) is 0 Å². The molecule has 1 amide bonds. The average molecular weight is 353 g/mol. The topological polar surface area (TPSA) is 75.3 Å². The standard InChI is InChI=1S/C20H23N3O3/c1-26-16-6-4-14(5-7-16)19(24)15-8-10-23(11-9-15)20(25)18-12-17(21-22-18)13-2-3-13/h4-7,12-13,15H,2-3,8-11H2,1H3,(H,21,22). The average Bonchev–Trinajstić information content (AvgIpc) is 3.44. The Hall–Kier alpha value is -2.63. The van der Waals surface area contributed by atoms with Crippen molar-refractivity contribution < 1.29 is 14.3 Å². The molecule has 136 valence electrons. The van der Waals surface area contributed by atoms with Crippen LogP contribution in [0.15, 0.2) is 30.3 Å². The number of piperidine rings is 1. The number of carbonyl (C=O) groups is 2. The van der Waals surface area contributed by atoms with Gasteiger partial charge in [-0.3, -0.25) is 14.7 Å². The third-order valence-corrected chi connectivity index (χ3v) is 5.36. The van der Waals surface area contributed by atoms with Crippen molar-refractivity contribution in [1.82, 2.24) is 15.1 Å². The van der Waals surface area contributed by atoms with Gasteiger partial charge in [-0.2, -0.15) is 5.10 Å². The first-order valence-electron chi connectivity index (χ1n) is 9.18. The van der Waals surface area contributed by atoms with Crippen molar-refractivity contribution in [2.45, 2.75) is 31.6 Å². The Bertz CT molecular complexity index is 800. The number of benzene rings is 1. The van der Waals surface area contributed by atoms with Crippen molar-refractivity contribution >= 4 is 11.7 Å². The molecular weight excluding hydrogens is 330 g/mol. The molecule has 1 aliphatic carbocycles. The molecule has 2 aliphatic rings. The highest BCUT2D eigenvalue weighted by Gasteiger charge is 2.31. The van der Waals surface area contributed by atoms with Crippen LogP contribution in [0.5, 0.6) is 5.75 Å². The molecule has 6 nitrogen and oxygen atoms in total. The smallest absolute Gasteiger partial charge is 0.274 e. The monoisotopic (exact) mass is 353 g/mol. The van der Waals surface area contributed by atoms with Crippen molar-refractivity contribution in [2.24, 2.45) is 5.92 Å². The van der Waals surface area contributed by atoms with E-state index in [0.717, 1.165) is 11.4 Å². The molecule has 0 unspecified atom stereocenters. The van der Waals surface area contributed by atoms with Crippen molar-refractivity contribution in [3.63, 3.8) is 0 Å². The van der Waals surface area contributed by atoms with Crippen LogP contribution < -0.4 is 4.74 Å². The van der Waals surface area contributed by atoms with Crippen LogP contribution in [-0.2, 0) is 0 Å². The van der Waals surface area contributed by atoms with E-state index in [1.54, 1.807) is 19.2 Å². The van der Waals surface area contributed by atoms with Gasteiger partial charge in [0.25, 0.3) is 5.91 Å². The van der Waals surface area contributed by atoms with Crippen LogP contribution in [0.2, 0.25) is 0 Å². The summed E-state index contributed by atoms with van der Waals surface area (Å²) in [6.07, 6.45) is 3.73. The molecule has 1 saturated heterocycles. The second-order valence-corrected chi connectivity index (χ2v) is 7.14. The largest absolute Gasteiger partial charge is 0.497 e. The van der Waals surface area contributed by atoms with Gasteiger partial charge in [-0.05, 0) is 56.0 Å². The van der Waals surface area contributed by atoms with Crippen molar-refractivity contribution in [2.75, 3.05) is 20.2 Å². The number of likely N-dealkylation sites (tertiary alicyclic amines) is 1. The number of methoxy groups -OCH3 is 1. The number of nitrogens with zero attached hydrogens (tertiary/aromatic N) is 2. The molecule has 4 rings (SSSR count). The summed E-state index contributed by atoms with van der Waals surface area (Å²) in [5, 5.41) is 7.16. The van der Waals surface area contributed by atoms with Crippen molar-refractivity contribution in [1.29, 1.82) is 0 Å². The highest BCUT2D eigenvalue weighted by molar-refractivity contribution is 5.98. The number of aromatic amines is 1. The summed E-state index contributed by atoms with van der Waals surface area (Å²) >= 11 is 0. The van der Waals surface area contributed by atoms with Gasteiger partial charge in [-0.15, -0.1) is 0 Å². The van der Waals surface area contributed by atoms with E-state index in [-0.39, 0.29) is 17.6 Å². The maximum absolute atomic E-state index is 12.7. The van der Waals surface area contributed by atoms with Crippen LogP contribution in [0, 0.1) is 5.92 Å². The van der Waals surface area contributed by atoms with Crippen LogP contribution in [0.4, 0.5) is 0 Å². The van der Waals surface area contributed by atoms with Gasteiger partial charge in [0, 0.05) is 36.2 Å². The first kappa shape index (κ1) is 16.8. The summed E-state index contributed by atoms with van der Waals surface area (Å²) in [6.45, 7) is 1.19. The molecule has 1 saturated carbocycles. The third kappa shape index (κ3) is 3.36. The molecule has 2 heterocycles. The van der Waals surface area contributed by atoms with Gasteiger partial charge < -0.3 is 9.64 Å². The fraction of sp³-hybridized carbons (Fsp3) is 0.450. The Kier molecular flexibility index (Phi) is 4.49. The molecule has 1 aromatic heterocycles. The lowest BCUT2D eigenvalue weighted by Gasteiger charge is -2.30. The lowest BCUT2D eigenvalue weighted by Crippen LogP contribution is -2.40. The number of Topliss-reactive ketones (excluding diaryl/α,β-unsaturated/α-hetero) is 1. The van der Waals surface area contributed by atoms with Crippen LogP contribution in [-0.4, -0.2) is 47.0 Å². The minimum Gasteiger partial charge on any atom is -0.497 e. The third-order valence-electron chi connectivity index (χ3n) is 5.36. The van der Waals surface area contributed by atoms with E-state index in [9.17, 15) is 9.59 Å². The first-order valence-corrected chi connectivity index (χ1v) is 9.18. The predicted molar refractivity (Wildman–Crippen MR) is 96.5 cm³/mol. The summed E-state index contributed by atoms with van der Waals surface area (Å²) < 4.78 is 5.13. The quantitative estimate of drug-likeness (QED) is 0.839. The first-order chi connectivity index (χ1) is 12.7. The van der Waals surface area contributed by atoms with E-state index in [1.165, 1.54) is 12.8 Å². The Morgan fingerprint density at radius 2 is 1.81 bits per heavy atom. The molecule has 26 heavy (non-hydrogen) atoms. The van der Waals surface area contributed by atoms with Crippen LogP contribution in [0.3, 0.4) is 0 Å². The zero-order valence-electron chi connectivity index (χ0n) is 14.9. The number of nitrogens with one attached hydrogen (secondary N) is 1. The summed E-state index contributed by atoms with van der Waals surface area (Å²) in [6, 6.07) is 9.11. The molecule has 1 aliphatic heterocycles. The summed E-state index contributed by atoms with van der Waals surface area (Å²) in [5.41, 5.74) is 2.27. The number of H-pyrrole nitrogens is 1. The number of carbonyl (C=O) groups excluding carboxylic acids is 2. The van der Waals surface area contributed by atoms with E-state index in [1.807, 2.05) is 23.1 Å². The summed E-state index contributed by atoms with van der Waals surface area (Å²) in [7, 11) is 1.61. The second kappa shape index (κ2) is 6.94. The van der Waals surface area contributed by atoms with Crippen LogP contribution >= 0.6 is 0 Å². The van der Waals surface area contributed by atoms with Gasteiger partial charge in [-0.25, -0.2) is 0 Å². The lowest BCUT2D eigenvalue weighted by molar-refractivity contribution is 0.0645. The highest BCUT2D eigenvalue weighted by Crippen LogP contribution is 2.39. The zero-order valence-corrected chi connectivity index (χ0v) is 14.9. The zero-order chi connectivity index (χ0) is 18.1. The molecule has 1 N–H and O–H groups in total. The maximum Gasteiger partial charge on any atom is 0.274 e. The molecule has 0 bridgehead atoms. The van der Waals surface area contributed by atoms with Gasteiger partial charge in [0.15, 0.2) is 5.78 Å². The van der Waals surface area contributed by atoms with E-state index in [0.29, 0.717) is 43.1 Å². The van der Waals surface area contributed by atoms with E-state index in [4.69, 9.17) is 4.74 Å². The molecule has 0 spiro atoms. The molecule has 0 atom stereocenters. The minimum absolute atomic E-state index is 0.0337. The maximum atomic E-state index is 12.7. The fourth-order valence-corrected chi connectivity index (χ4v) is 3.55.